The number of carbonyl (C=O) groups excluding carboxylic acids is 2. The van der Waals surface area contributed by atoms with Gasteiger partial charge in [0.25, 0.3) is 11.8 Å². The van der Waals surface area contributed by atoms with Crippen molar-refractivity contribution in [3.05, 3.63) is 71.4 Å². The SMILES string of the molecule is Cc1ccc(C(=O)NCC(=O)N/N=C/c2c[nH]c3ccccc23)cc1. The third kappa shape index (κ3) is 4.11. The van der Waals surface area contributed by atoms with Gasteiger partial charge in [-0.2, -0.15) is 5.10 Å². The number of hydrogen-bond donors (Lipinski definition) is 3. The fourth-order valence-electron chi connectivity index (χ4n) is 2.38. The first-order valence-corrected chi connectivity index (χ1v) is 7.86. The van der Waals surface area contributed by atoms with E-state index in [-0.39, 0.29) is 12.5 Å². The van der Waals surface area contributed by atoms with Crippen molar-refractivity contribution < 1.29 is 9.59 Å². The Labute approximate surface area is 144 Å². The molecule has 0 bridgehead atoms. The van der Waals surface area contributed by atoms with E-state index in [1.54, 1.807) is 18.3 Å². The molecule has 0 saturated heterocycles. The first-order chi connectivity index (χ1) is 12.1. The molecule has 2 amide bonds. The van der Waals surface area contributed by atoms with Crippen LogP contribution in [0.15, 0.2) is 59.8 Å². The van der Waals surface area contributed by atoms with Gasteiger partial charge in [0.05, 0.1) is 12.8 Å². The van der Waals surface area contributed by atoms with Crippen LogP contribution in [0.5, 0.6) is 0 Å². The number of aryl methyl sites for hydroxylation is 1. The summed E-state index contributed by atoms with van der Waals surface area (Å²) in [5, 5.41) is 7.51. The van der Waals surface area contributed by atoms with Crippen molar-refractivity contribution in [2.45, 2.75) is 6.92 Å². The van der Waals surface area contributed by atoms with Gasteiger partial charge in [0.1, 0.15) is 0 Å². The molecule has 2 aromatic carbocycles. The van der Waals surface area contributed by atoms with Crippen molar-refractivity contribution in [2.75, 3.05) is 6.54 Å². The van der Waals surface area contributed by atoms with Crippen LogP contribution in [-0.2, 0) is 4.79 Å². The van der Waals surface area contributed by atoms with E-state index in [9.17, 15) is 9.59 Å². The summed E-state index contributed by atoms with van der Waals surface area (Å²) in [6.45, 7) is 1.80. The van der Waals surface area contributed by atoms with Gasteiger partial charge in [-0.25, -0.2) is 5.43 Å². The third-order valence-electron chi connectivity index (χ3n) is 3.74. The molecule has 126 valence electrons. The largest absolute Gasteiger partial charge is 0.361 e. The number of nitrogens with one attached hydrogen (secondary N) is 3. The summed E-state index contributed by atoms with van der Waals surface area (Å²) in [4.78, 5) is 26.8. The lowest BCUT2D eigenvalue weighted by Crippen LogP contribution is -2.34. The number of aromatic amines is 1. The number of H-pyrrole nitrogens is 1. The number of nitrogens with zero attached hydrogens (tertiary/aromatic N) is 1. The first-order valence-electron chi connectivity index (χ1n) is 7.86. The van der Waals surface area contributed by atoms with Crippen LogP contribution in [0.1, 0.15) is 21.5 Å². The Morgan fingerprint density at radius 1 is 1.12 bits per heavy atom. The topological polar surface area (TPSA) is 86.3 Å². The van der Waals surface area contributed by atoms with Crippen LogP contribution in [0.2, 0.25) is 0 Å². The Hall–Kier alpha value is -3.41. The molecule has 0 aliphatic carbocycles. The molecular formula is C19H18N4O2. The van der Waals surface area contributed by atoms with Crippen molar-refractivity contribution >= 4 is 28.9 Å². The fraction of sp³-hybridized carbons (Fsp3) is 0.105. The van der Waals surface area contributed by atoms with E-state index in [0.717, 1.165) is 22.0 Å². The summed E-state index contributed by atoms with van der Waals surface area (Å²) in [5.74, 6) is -0.688. The minimum Gasteiger partial charge on any atom is -0.361 e. The van der Waals surface area contributed by atoms with Crippen LogP contribution in [0.25, 0.3) is 10.9 Å². The van der Waals surface area contributed by atoms with Crippen molar-refractivity contribution in [1.29, 1.82) is 0 Å². The highest BCUT2D eigenvalue weighted by Crippen LogP contribution is 2.15. The molecule has 6 nitrogen and oxygen atoms in total. The second-order valence-electron chi connectivity index (χ2n) is 5.63. The van der Waals surface area contributed by atoms with Gasteiger partial charge in [0.2, 0.25) is 0 Å². The normalized spacial score (nSPS) is 10.9. The summed E-state index contributed by atoms with van der Waals surface area (Å²) in [6.07, 6.45) is 3.39. The second kappa shape index (κ2) is 7.44. The molecule has 0 saturated carbocycles. The quantitative estimate of drug-likeness (QED) is 0.494. The zero-order valence-corrected chi connectivity index (χ0v) is 13.7. The van der Waals surface area contributed by atoms with E-state index in [2.05, 4.69) is 20.8 Å². The van der Waals surface area contributed by atoms with Crippen molar-refractivity contribution in [1.82, 2.24) is 15.7 Å². The smallest absolute Gasteiger partial charge is 0.259 e. The summed E-state index contributed by atoms with van der Waals surface area (Å²) in [7, 11) is 0. The average Bonchev–Trinajstić information content (AvgIpc) is 3.04. The first kappa shape index (κ1) is 16.4. The Balaban J connectivity index is 1.51. The monoisotopic (exact) mass is 334 g/mol. The van der Waals surface area contributed by atoms with Gasteiger partial charge in [0.15, 0.2) is 0 Å². The van der Waals surface area contributed by atoms with E-state index in [4.69, 9.17) is 0 Å². The lowest BCUT2D eigenvalue weighted by atomic mass is 10.1. The van der Waals surface area contributed by atoms with Gasteiger partial charge in [-0.05, 0) is 25.1 Å². The number of fused-ring (bicyclic) bond motifs is 1. The molecule has 3 rings (SSSR count). The van der Waals surface area contributed by atoms with Crippen molar-refractivity contribution in [3.8, 4) is 0 Å². The van der Waals surface area contributed by atoms with E-state index in [1.165, 1.54) is 0 Å². The lowest BCUT2D eigenvalue weighted by Gasteiger charge is -2.04. The van der Waals surface area contributed by atoms with Crippen molar-refractivity contribution in [2.24, 2.45) is 5.10 Å². The number of para-hydroxylation sites is 1. The zero-order valence-electron chi connectivity index (χ0n) is 13.7. The van der Waals surface area contributed by atoms with Gasteiger partial charge in [0, 0.05) is 28.2 Å². The molecule has 1 heterocycles. The average molecular weight is 334 g/mol. The Kier molecular flexibility index (Phi) is 4.89. The summed E-state index contributed by atoms with van der Waals surface area (Å²) < 4.78 is 0. The number of benzene rings is 2. The van der Waals surface area contributed by atoms with Crippen LogP contribution in [0.4, 0.5) is 0 Å². The number of amides is 2. The minimum absolute atomic E-state index is 0.141. The minimum atomic E-state index is -0.392. The number of rotatable bonds is 5. The molecule has 0 aliphatic rings. The number of carbonyl (C=O) groups is 2. The molecule has 3 aromatic rings. The highest BCUT2D eigenvalue weighted by Gasteiger charge is 2.07. The van der Waals surface area contributed by atoms with Crippen LogP contribution in [-0.4, -0.2) is 29.6 Å². The number of hydrogen-bond acceptors (Lipinski definition) is 3. The maximum Gasteiger partial charge on any atom is 0.259 e. The van der Waals surface area contributed by atoms with Crippen LogP contribution in [0, 0.1) is 6.92 Å². The molecule has 0 atom stereocenters. The van der Waals surface area contributed by atoms with Crippen molar-refractivity contribution in [3.63, 3.8) is 0 Å². The molecule has 3 N–H and O–H groups in total. The summed E-state index contributed by atoms with van der Waals surface area (Å²) in [5.41, 5.74) is 5.86. The van der Waals surface area contributed by atoms with Gasteiger partial charge in [-0.3, -0.25) is 9.59 Å². The molecule has 6 heteroatoms. The van der Waals surface area contributed by atoms with Crippen LogP contribution < -0.4 is 10.7 Å². The van der Waals surface area contributed by atoms with Gasteiger partial charge in [-0.1, -0.05) is 35.9 Å². The third-order valence-corrected chi connectivity index (χ3v) is 3.74. The predicted molar refractivity (Wildman–Crippen MR) is 97.5 cm³/mol. The molecule has 25 heavy (non-hydrogen) atoms. The molecular weight excluding hydrogens is 316 g/mol. The van der Waals surface area contributed by atoms with Crippen LogP contribution >= 0.6 is 0 Å². The molecule has 0 spiro atoms. The number of aromatic nitrogens is 1. The zero-order chi connectivity index (χ0) is 17.6. The Morgan fingerprint density at radius 3 is 2.68 bits per heavy atom. The standard InChI is InChI=1S/C19H18N4O2/c1-13-6-8-14(9-7-13)19(25)21-12-18(24)23-22-11-15-10-20-17-5-3-2-4-16(15)17/h2-11,20H,12H2,1H3,(H,21,25)(H,23,24)/b22-11+. The summed E-state index contributed by atoms with van der Waals surface area (Å²) in [6, 6.07) is 14.9. The van der Waals surface area contributed by atoms with E-state index in [1.807, 2.05) is 49.5 Å². The lowest BCUT2D eigenvalue weighted by molar-refractivity contribution is -0.120. The molecule has 1 aromatic heterocycles. The second-order valence-corrected chi connectivity index (χ2v) is 5.63. The Bertz CT molecular complexity index is 926. The van der Waals surface area contributed by atoms with E-state index >= 15 is 0 Å². The maximum atomic E-state index is 11.9. The van der Waals surface area contributed by atoms with Crippen LogP contribution in [0.3, 0.4) is 0 Å². The predicted octanol–water partition coefficient (Wildman–Crippen LogP) is 2.36. The van der Waals surface area contributed by atoms with E-state index in [0.29, 0.717) is 5.56 Å². The van der Waals surface area contributed by atoms with Gasteiger partial charge < -0.3 is 10.3 Å². The number of hydrazone groups is 1. The molecule has 0 unspecified atom stereocenters. The van der Waals surface area contributed by atoms with Gasteiger partial charge in [-0.15, -0.1) is 0 Å². The van der Waals surface area contributed by atoms with Gasteiger partial charge >= 0.3 is 0 Å². The molecule has 0 radical (unpaired) electrons. The fourth-order valence-corrected chi connectivity index (χ4v) is 2.38. The molecule has 0 aliphatic heterocycles. The van der Waals surface area contributed by atoms with E-state index < -0.39 is 5.91 Å². The summed E-state index contributed by atoms with van der Waals surface area (Å²) >= 11 is 0. The Morgan fingerprint density at radius 2 is 1.88 bits per heavy atom. The highest BCUT2D eigenvalue weighted by molar-refractivity contribution is 5.99. The molecule has 0 fully saturated rings. The highest BCUT2D eigenvalue weighted by atomic mass is 16.2. The maximum absolute atomic E-state index is 11.9.